The van der Waals surface area contributed by atoms with Gasteiger partial charge in [0.1, 0.15) is 0 Å². The zero-order valence-electron chi connectivity index (χ0n) is 10.8. The summed E-state index contributed by atoms with van der Waals surface area (Å²) in [6.45, 7) is 0.835. The first-order valence-electron chi connectivity index (χ1n) is 6.24. The number of aromatic nitrogens is 1. The summed E-state index contributed by atoms with van der Waals surface area (Å²) in [5.41, 5.74) is 4.07. The second-order valence-corrected chi connectivity index (χ2v) is 4.67. The molecule has 2 rings (SSSR count). The Morgan fingerprint density at radius 2 is 2.15 bits per heavy atom. The molecule has 7 heteroatoms. The molecule has 2 amide bonds. The van der Waals surface area contributed by atoms with Crippen LogP contribution in [0.15, 0.2) is 35.7 Å². The van der Waals surface area contributed by atoms with Gasteiger partial charge in [0.15, 0.2) is 0 Å². The van der Waals surface area contributed by atoms with Gasteiger partial charge in [-0.2, -0.15) is 5.43 Å². The number of hydrogen-bond acceptors (Lipinski definition) is 3. The number of alkyl halides is 1. The van der Waals surface area contributed by atoms with Crippen molar-refractivity contribution in [3.8, 4) is 0 Å². The minimum Gasteiger partial charge on any atom is -0.361 e. The number of nitrogens with zero attached hydrogens (tertiary/aromatic N) is 2. The number of para-hydroxylation sites is 1. The molecule has 0 aliphatic carbocycles. The molecule has 0 saturated carbocycles. The van der Waals surface area contributed by atoms with Gasteiger partial charge >= 0.3 is 6.03 Å². The summed E-state index contributed by atoms with van der Waals surface area (Å²) in [6.07, 6.45) is 2.60. The van der Waals surface area contributed by atoms with E-state index in [1.165, 1.54) is 4.90 Å². The zero-order valence-corrected chi connectivity index (χ0v) is 11.6. The van der Waals surface area contributed by atoms with Gasteiger partial charge in [-0.3, -0.25) is 0 Å². The summed E-state index contributed by atoms with van der Waals surface area (Å²) in [6, 6.07) is 7.43. The van der Waals surface area contributed by atoms with Gasteiger partial charge in [-0.15, -0.1) is 16.5 Å². The molecule has 1 aromatic heterocycles. The van der Waals surface area contributed by atoms with Crippen LogP contribution in [0.1, 0.15) is 5.56 Å². The highest BCUT2D eigenvalue weighted by atomic mass is 35.5. The van der Waals surface area contributed by atoms with E-state index in [2.05, 4.69) is 10.3 Å². The van der Waals surface area contributed by atoms with E-state index in [1.54, 1.807) is 0 Å². The molecular formula is C13H15ClN4O2. The predicted molar refractivity (Wildman–Crippen MR) is 78.6 cm³/mol. The number of aromatic amines is 1. The number of hydrogen-bond donors (Lipinski definition) is 2. The predicted octanol–water partition coefficient (Wildman–Crippen LogP) is 2.64. The second kappa shape index (κ2) is 6.91. The molecule has 6 nitrogen and oxygen atoms in total. The second-order valence-electron chi connectivity index (χ2n) is 4.29. The summed E-state index contributed by atoms with van der Waals surface area (Å²) < 4.78 is 0. The van der Waals surface area contributed by atoms with Gasteiger partial charge < -0.3 is 9.88 Å². The Bertz CT molecular complexity index is 599. The maximum Gasteiger partial charge on any atom is 0.340 e. The number of nitrogens with one attached hydrogen (secondary N) is 2. The van der Waals surface area contributed by atoms with E-state index in [9.17, 15) is 9.70 Å². The summed E-state index contributed by atoms with van der Waals surface area (Å²) in [5.74, 6) is 0.306. The van der Waals surface area contributed by atoms with Crippen molar-refractivity contribution in [3.63, 3.8) is 0 Å². The first-order valence-corrected chi connectivity index (χ1v) is 6.78. The van der Waals surface area contributed by atoms with Crippen LogP contribution in [-0.2, 0) is 6.42 Å². The van der Waals surface area contributed by atoms with Crippen molar-refractivity contribution in [2.75, 3.05) is 19.0 Å². The highest BCUT2D eigenvalue weighted by Crippen LogP contribution is 2.18. The Labute approximate surface area is 121 Å². The third-order valence-corrected chi connectivity index (χ3v) is 3.28. The van der Waals surface area contributed by atoms with E-state index < -0.39 is 6.03 Å². The SMILES string of the molecule is O=NNC(=O)N(CCCl)CCc1c[nH]c2ccccc12. The molecule has 0 spiro atoms. The molecule has 0 aliphatic heterocycles. The number of benzene rings is 1. The van der Waals surface area contributed by atoms with E-state index in [0.717, 1.165) is 16.5 Å². The minimum atomic E-state index is -0.527. The average molecular weight is 295 g/mol. The van der Waals surface area contributed by atoms with Crippen molar-refractivity contribution < 1.29 is 4.79 Å². The molecular weight excluding hydrogens is 280 g/mol. The largest absolute Gasteiger partial charge is 0.361 e. The lowest BCUT2D eigenvalue weighted by Gasteiger charge is -2.19. The molecule has 2 N–H and O–H groups in total. The van der Waals surface area contributed by atoms with Crippen molar-refractivity contribution in [1.29, 1.82) is 0 Å². The number of nitroso groups, excluding NO2 is 1. The van der Waals surface area contributed by atoms with Gasteiger partial charge in [-0.1, -0.05) is 18.2 Å². The van der Waals surface area contributed by atoms with Crippen LogP contribution in [-0.4, -0.2) is 34.9 Å². The first kappa shape index (κ1) is 14.3. The zero-order chi connectivity index (χ0) is 14.4. The number of fused-ring (bicyclic) bond motifs is 1. The van der Waals surface area contributed by atoms with Crippen LogP contribution in [0.5, 0.6) is 0 Å². The van der Waals surface area contributed by atoms with Crippen molar-refractivity contribution in [1.82, 2.24) is 15.3 Å². The molecule has 0 fully saturated rings. The topological polar surface area (TPSA) is 77.6 Å². The summed E-state index contributed by atoms with van der Waals surface area (Å²) in [4.78, 5) is 26.3. The Kier molecular flexibility index (Phi) is 4.95. The number of carbonyl (C=O) groups is 1. The third kappa shape index (κ3) is 3.27. The quantitative estimate of drug-likeness (QED) is 0.488. The number of rotatable bonds is 6. The van der Waals surface area contributed by atoms with Crippen LogP contribution in [0.2, 0.25) is 0 Å². The standard InChI is InChI=1S/C13H15ClN4O2/c14-6-8-18(13(19)16-17-20)7-5-10-9-15-12-4-2-1-3-11(10)12/h1-4,9,15H,5-8H2,(H,16,19,20). The molecule has 0 bridgehead atoms. The fourth-order valence-electron chi connectivity index (χ4n) is 2.12. The first-order chi connectivity index (χ1) is 9.76. The lowest BCUT2D eigenvalue weighted by molar-refractivity contribution is 0.202. The fraction of sp³-hybridized carbons (Fsp3) is 0.308. The lowest BCUT2D eigenvalue weighted by atomic mass is 10.1. The van der Waals surface area contributed by atoms with Crippen molar-refractivity contribution in [2.24, 2.45) is 5.29 Å². The highest BCUT2D eigenvalue weighted by Gasteiger charge is 2.13. The average Bonchev–Trinajstić information content (AvgIpc) is 2.87. The summed E-state index contributed by atoms with van der Waals surface area (Å²) >= 11 is 5.66. The molecule has 1 heterocycles. The minimum absolute atomic E-state index is 0.306. The van der Waals surface area contributed by atoms with E-state index in [4.69, 9.17) is 11.6 Å². The van der Waals surface area contributed by atoms with Crippen LogP contribution in [0, 0.1) is 4.91 Å². The fourth-order valence-corrected chi connectivity index (χ4v) is 2.32. The number of amides is 2. The van der Waals surface area contributed by atoms with Crippen molar-refractivity contribution >= 4 is 28.5 Å². The molecule has 0 atom stereocenters. The third-order valence-electron chi connectivity index (χ3n) is 3.11. The van der Waals surface area contributed by atoms with E-state index >= 15 is 0 Å². The van der Waals surface area contributed by atoms with Crippen molar-refractivity contribution in [3.05, 3.63) is 40.9 Å². The maximum absolute atomic E-state index is 11.6. The number of carbonyl (C=O) groups excluding carboxylic acids is 1. The molecule has 1 aromatic carbocycles. The van der Waals surface area contributed by atoms with Gasteiger partial charge in [0.05, 0.1) is 5.29 Å². The lowest BCUT2D eigenvalue weighted by Crippen LogP contribution is -2.40. The Balaban J connectivity index is 2.05. The number of H-pyrrole nitrogens is 1. The van der Waals surface area contributed by atoms with Crippen LogP contribution in [0.4, 0.5) is 4.79 Å². The molecule has 0 saturated heterocycles. The van der Waals surface area contributed by atoms with E-state index in [1.807, 2.05) is 35.9 Å². The van der Waals surface area contributed by atoms with E-state index in [-0.39, 0.29) is 0 Å². The summed E-state index contributed by atoms with van der Waals surface area (Å²) in [7, 11) is 0. The smallest absolute Gasteiger partial charge is 0.340 e. The maximum atomic E-state index is 11.6. The van der Waals surface area contributed by atoms with Crippen LogP contribution in [0.3, 0.4) is 0 Å². The molecule has 20 heavy (non-hydrogen) atoms. The van der Waals surface area contributed by atoms with Gasteiger partial charge in [0.25, 0.3) is 0 Å². The molecule has 0 aliphatic rings. The molecule has 0 unspecified atom stereocenters. The Morgan fingerprint density at radius 3 is 2.90 bits per heavy atom. The van der Waals surface area contributed by atoms with Crippen LogP contribution < -0.4 is 5.43 Å². The highest BCUT2D eigenvalue weighted by molar-refractivity contribution is 6.18. The number of urea groups is 1. The molecule has 0 radical (unpaired) electrons. The van der Waals surface area contributed by atoms with E-state index in [0.29, 0.717) is 25.4 Å². The van der Waals surface area contributed by atoms with Crippen LogP contribution in [0.25, 0.3) is 10.9 Å². The molecule has 2 aromatic rings. The van der Waals surface area contributed by atoms with Gasteiger partial charge in [0.2, 0.25) is 0 Å². The van der Waals surface area contributed by atoms with Gasteiger partial charge in [-0.05, 0) is 18.1 Å². The Hall–Kier alpha value is -2.08. The van der Waals surface area contributed by atoms with Gasteiger partial charge in [-0.25, -0.2) is 4.79 Å². The normalized spacial score (nSPS) is 10.4. The van der Waals surface area contributed by atoms with Crippen LogP contribution >= 0.6 is 11.6 Å². The van der Waals surface area contributed by atoms with Gasteiger partial charge in [0, 0.05) is 36.1 Å². The van der Waals surface area contributed by atoms with Crippen molar-refractivity contribution in [2.45, 2.75) is 6.42 Å². The Morgan fingerprint density at radius 1 is 1.35 bits per heavy atom. The monoisotopic (exact) mass is 294 g/mol. The summed E-state index contributed by atoms with van der Waals surface area (Å²) in [5, 5.41) is 3.52. The molecule has 106 valence electrons. The number of halogens is 1.